The first-order valence-corrected chi connectivity index (χ1v) is 9.65. The Labute approximate surface area is 168 Å². The van der Waals surface area contributed by atoms with Crippen LogP contribution in [0, 0.1) is 0 Å². The van der Waals surface area contributed by atoms with Crippen molar-refractivity contribution in [3.63, 3.8) is 0 Å². The molecule has 1 fully saturated rings. The number of nitrogens with one attached hydrogen (secondary N) is 2. The van der Waals surface area contributed by atoms with Crippen LogP contribution in [-0.2, 0) is 22.7 Å². The van der Waals surface area contributed by atoms with Gasteiger partial charge in [0.15, 0.2) is 0 Å². The maximum Gasteiger partial charge on any atom is 0.255 e. The lowest BCUT2D eigenvalue weighted by Gasteiger charge is -2.29. The molecule has 1 saturated heterocycles. The summed E-state index contributed by atoms with van der Waals surface area (Å²) in [5.74, 6) is -0.884. The van der Waals surface area contributed by atoms with Crippen LogP contribution in [0.2, 0.25) is 0 Å². The van der Waals surface area contributed by atoms with E-state index in [2.05, 4.69) is 41.7 Å². The van der Waals surface area contributed by atoms with E-state index in [9.17, 15) is 14.4 Å². The molecule has 4 rings (SSSR count). The van der Waals surface area contributed by atoms with Crippen LogP contribution in [0.3, 0.4) is 0 Å². The monoisotopic (exact) mass is 396 g/mol. The first-order chi connectivity index (χ1) is 13.7. The van der Waals surface area contributed by atoms with E-state index in [1.807, 2.05) is 18.3 Å². The van der Waals surface area contributed by atoms with E-state index < -0.39 is 11.9 Å². The van der Waals surface area contributed by atoms with Gasteiger partial charge in [0.25, 0.3) is 5.91 Å². The normalized spacial score (nSPS) is 19.5. The van der Waals surface area contributed by atoms with Crippen LogP contribution in [0.25, 0.3) is 5.69 Å². The number of imide groups is 1. The largest absolute Gasteiger partial charge is 0.322 e. The van der Waals surface area contributed by atoms with Crippen LogP contribution in [0.15, 0.2) is 24.4 Å². The van der Waals surface area contributed by atoms with Gasteiger partial charge in [0.05, 0.1) is 17.6 Å². The van der Waals surface area contributed by atoms with Crippen molar-refractivity contribution in [2.24, 2.45) is 0 Å². The molecule has 1 unspecified atom stereocenters. The SMILES string of the molecule is CC(C)(C)NCc1cn(-c2ccc3c(c2)CN(C2CCC(=O)NC2=O)C3=O)nn1. The lowest BCUT2D eigenvalue weighted by Crippen LogP contribution is -2.52. The van der Waals surface area contributed by atoms with E-state index in [0.29, 0.717) is 25.1 Å². The average molecular weight is 396 g/mol. The van der Waals surface area contributed by atoms with Gasteiger partial charge in [-0.05, 0) is 51.0 Å². The summed E-state index contributed by atoms with van der Waals surface area (Å²) < 4.78 is 1.68. The van der Waals surface area contributed by atoms with Gasteiger partial charge >= 0.3 is 0 Å². The second-order valence-corrected chi connectivity index (χ2v) is 8.50. The standard InChI is InChI=1S/C20H24N6O3/c1-20(2,3)21-9-13-11-26(24-23-13)14-4-5-15-12(8-14)10-25(19(15)29)16-6-7-17(27)22-18(16)28/h4-5,8,11,16,21H,6-7,9-10H2,1-3H3,(H,22,27,28). The molecule has 9 nitrogen and oxygen atoms in total. The van der Waals surface area contributed by atoms with Crippen LogP contribution >= 0.6 is 0 Å². The fraction of sp³-hybridized carbons (Fsp3) is 0.450. The molecule has 0 bridgehead atoms. The smallest absolute Gasteiger partial charge is 0.255 e. The molecule has 0 saturated carbocycles. The summed E-state index contributed by atoms with van der Waals surface area (Å²) in [6.07, 6.45) is 2.45. The molecule has 2 aromatic rings. The third kappa shape index (κ3) is 3.91. The molecular weight excluding hydrogens is 372 g/mol. The Kier molecular flexibility index (Phi) is 4.70. The van der Waals surface area contributed by atoms with Crippen LogP contribution in [-0.4, -0.2) is 49.2 Å². The van der Waals surface area contributed by atoms with Gasteiger partial charge in [-0.25, -0.2) is 4.68 Å². The van der Waals surface area contributed by atoms with Crippen molar-refractivity contribution in [1.29, 1.82) is 0 Å². The summed E-state index contributed by atoms with van der Waals surface area (Å²) in [6.45, 7) is 7.20. The molecular formula is C20H24N6O3. The number of aromatic nitrogens is 3. The van der Waals surface area contributed by atoms with E-state index in [1.165, 1.54) is 4.90 Å². The Morgan fingerprint density at radius 3 is 2.76 bits per heavy atom. The number of amides is 3. The molecule has 152 valence electrons. The van der Waals surface area contributed by atoms with Crippen molar-refractivity contribution in [3.8, 4) is 5.69 Å². The zero-order valence-electron chi connectivity index (χ0n) is 16.7. The van der Waals surface area contributed by atoms with Crippen LogP contribution < -0.4 is 10.6 Å². The Hall–Kier alpha value is -3.07. The number of carbonyl (C=O) groups excluding carboxylic acids is 3. The van der Waals surface area contributed by atoms with Crippen molar-refractivity contribution in [1.82, 2.24) is 30.5 Å². The number of carbonyl (C=O) groups is 3. The van der Waals surface area contributed by atoms with Crippen molar-refractivity contribution in [2.75, 3.05) is 0 Å². The van der Waals surface area contributed by atoms with Crippen LogP contribution in [0.5, 0.6) is 0 Å². The molecule has 2 N–H and O–H groups in total. The predicted molar refractivity (Wildman–Crippen MR) is 104 cm³/mol. The van der Waals surface area contributed by atoms with Gasteiger partial charge in [-0.3, -0.25) is 19.7 Å². The van der Waals surface area contributed by atoms with Gasteiger partial charge in [0.1, 0.15) is 6.04 Å². The molecule has 2 aliphatic heterocycles. The van der Waals surface area contributed by atoms with E-state index in [1.54, 1.807) is 10.7 Å². The van der Waals surface area contributed by atoms with Gasteiger partial charge in [0.2, 0.25) is 11.8 Å². The molecule has 0 radical (unpaired) electrons. The fourth-order valence-electron chi connectivity index (χ4n) is 3.56. The minimum Gasteiger partial charge on any atom is -0.322 e. The molecule has 3 amide bonds. The number of nitrogens with zero attached hydrogens (tertiary/aromatic N) is 4. The summed E-state index contributed by atoms with van der Waals surface area (Å²) in [4.78, 5) is 37.9. The molecule has 3 heterocycles. The zero-order valence-corrected chi connectivity index (χ0v) is 16.7. The molecule has 1 atom stereocenters. The summed E-state index contributed by atoms with van der Waals surface area (Å²) in [5.41, 5.74) is 3.02. The van der Waals surface area contributed by atoms with Crippen LogP contribution in [0.4, 0.5) is 0 Å². The van der Waals surface area contributed by atoms with Gasteiger partial charge in [-0.15, -0.1) is 5.10 Å². The van der Waals surface area contributed by atoms with E-state index in [4.69, 9.17) is 0 Å². The van der Waals surface area contributed by atoms with Crippen molar-refractivity contribution < 1.29 is 14.4 Å². The zero-order chi connectivity index (χ0) is 20.8. The number of hydrogen-bond acceptors (Lipinski definition) is 6. The van der Waals surface area contributed by atoms with E-state index in [-0.39, 0.29) is 23.8 Å². The molecule has 2 aliphatic rings. The van der Waals surface area contributed by atoms with Gasteiger partial charge in [0, 0.05) is 30.6 Å². The van der Waals surface area contributed by atoms with E-state index in [0.717, 1.165) is 16.9 Å². The Balaban J connectivity index is 1.51. The summed E-state index contributed by atoms with van der Waals surface area (Å²) in [6, 6.07) is 4.86. The summed E-state index contributed by atoms with van der Waals surface area (Å²) in [7, 11) is 0. The van der Waals surface area contributed by atoms with Crippen molar-refractivity contribution in [3.05, 3.63) is 41.2 Å². The number of hydrogen-bond donors (Lipinski definition) is 2. The molecule has 1 aromatic carbocycles. The predicted octanol–water partition coefficient (Wildman–Crippen LogP) is 0.916. The quantitative estimate of drug-likeness (QED) is 0.744. The third-order valence-corrected chi connectivity index (χ3v) is 5.11. The molecule has 1 aromatic heterocycles. The number of fused-ring (bicyclic) bond motifs is 1. The first kappa shape index (κ1) is 19.3. The molecule has 9 heteroatoms. The summed E-state index contributed by atoms with van der Waals surface area (Å²) >= 11 is 0. The van der Waals surface area contributed by atoms with E-state index >= 15 is 0 Å². The molecule has 29 heavy (non-hydrogen) atoms. The first-order valence-electron chi connectivity index (χ1n) is 9.65. The number of piperidine rings is 1. The van der Waals surface area contributed by atoms with Gasteiger partial charge < -0.3 is 10.2 Å². The molecule has 0 aliphatic carbocycles. The van der Waals surface area contributed by atoms with Gasteiger partial charge in [-0.2, -0.15) is 0 Å². The Morgan fingerprint density at radius 1 is 1.24 bits per heavy atom. The minimum atomic E-state index is -0.613. The lowest BCUT2D eigenvalue weighted by molar-refractivity contribution is -0.136. The maximum absolute atomic E-state index is 12.8. The summed E-state index contributed by atoms with van der Waals surface area (Å²) in [5, 5.41) is 14.1. The molecule has 0 spiro atoms. The second-order valence-electron chi connectivity index (χ2n) is 8.50. The number of rotatable bonds is 4. The minimum absolute atomic E-state index is 0.0167. The number of benzene rings is 1. The highest BCUT2D eigenvalue weighted by atomic mass is 16.2. The lowest BCUT2D eigenvalue weighted by atomic mass is 10.0. The van der Waals surface area contributed by atoms with Crippen molar-refractivity contribution in [2.45, 2.75) is 58.3 Å². The van der Waals surface area contributed by atoms with Gasteiger partial charge in [-0.1, -0.05) is 5.21 Å². The topological polar surface area (TPSA) is 109 Å². The highest BCUT2D eigenvalue weighted by Gasteiger charge is 2.39. The van der Waals surface area contributed by atoms with Crippen LogP contribution in [0.1, 0.15) is 55.2 Å². The Bertz CT molecular complexity index is 990. The maximum atomic E-state index is 12.8. The highest BCUT2D eigenvalue weighted by molar-refractivity contribution is 6.05. The average Bonchev–Trinajstić information content (AvgIpc) is 3.24. The fourth-order valence-corrected chi connectivity index (χ4v) is 3.56. The highest BCUT2D eigenvalue weighted by Crippen LogP contribution is 2.29. The third-order valence-electron chi connectivity index (χ3n) is 5.11. The Morgan fingerprint density at radius 2 is 2.03 bits per heavy atom. The van der Waals surface area contributed by atoms with Crippen molar-refractivity contribution >= 4 is 17.7 Å². The second kappa shape index (κ2) is 7.07.